The smallest absolute Gasteiger partial charge is 0.401 e. The van der Waals surface area contributed by atoms with Crippen LogP contribution in [0.5, 0.6) is 0 Å². The fourth-order valence-electron chi connectivity index (χ4n) is 2.19. The second-order valence-electron chi connectivity index (χ2n) is 6.72. The first kappa shape index (κ1) is 16.4. The van der Waals surface area contributed by atoms with Gasteiger partial charge >= 0.3 is 6.18 Å². The predicted octanol–water partition coefficient (Wildman–Crippen LogP) is 3.69. The molecule has 0 aliphatic heterocycles. The maximum atomic E-state index is 12.6. The van der Waals surface area contributed by atoms with E-state index in [1.54, 1.807) is 6.26 Å². The summed E-state index contributed by atoms with van der Waals surface area (Å²) in [6.45, 7) is 6.09. The number of halogens is 3. The number of nitrogens with one attached hydrogen (secondary N) is 1. The molecule has 0 unspecified atom stereocenters. The number of alkyl halides is 3. The van der Waals surface area contributed by atoms with Gasteiger partial charge in [0, 0.05) is 23.7 Å². The van der Waals surface area contributed by atoms with E-state index in [4.69, 9.17) is 4.42 Å². The first-order chi connectivity index (χ1) is 9.64. The summed E-state index contributed by atoms with van der Waals surface area (Å²) in [4.78, 5) is 1.47. The van der Waals surface area contributed by atoms with Crippen LogP contribution in [0, 0.1) is 0 Å². The highest BCUT2D eigenvalue weighted by Crippen LogP contribution is 2.32. The predicted molar refractivity (Wildman–Crippen MR) is 74.8 cm³/mol. The van der Waals surface area contributed by atoms with E-state index < -0.39 is 12.7 Å². The van der Waals surface area contributed by atoms with E-state index in [0.717, 1.165) is 18.4 Å². The van der Waals surface area contributed by atoms with E-state index in [9.17, 15) is 13.2 Å². The molecule has 0 atom stereocenters. The van der Waals surface area contributed by atoms with Crippen molar-refractivity contribution >= 4 is 0 Å². The molecule has 1 aliphatic rings. The Bertz CT molecular complexity index is 458. The fourth-order valence-corrected chi connectivity index (χ4v) is 2.19. The first-order valence-corrected chi connectivity index (χ1v) is 7.25. The number of hydrogen-bond donors (Lipinski definition) is 1. The number of nitrogens with zero attached hydrogens (tertiary/aromatic N) is 1. The Morgan fingerprint density at radius 3 is 2.48 bits per heavy atom. The summed E-state index contributed by atoms with van der Waals surface area (Å²) < 4.78 is 43.3. The van der Waals surface area contributed by atoms with Crippen LogP contribution in [0.25, 0.3) is 0 Å². The molecule has 0 radical (unpaired) electrons. The molecule has 1 fully saturated rings. The lowest BCUT2D eigenvalue weighted by Gasteiger charge is -2.24. The summed E-state index contributed by atoms with van der Waals surface area (Å²) in [7, 11) is 0. The van der Waals surface area contributed by atoms with Gasteiger partial charge in [0.1, 0.15) is 5.76 Å². The van der Waals surface area contributed by atoms with Gasteiger partial charge in [-0.1, -0.05) is 0 Å². The Hall–Kier alpha value is -1.01. The minimum absolute atomic E-state index is 0.0418. The van der Waals surface area contributed by atoms with Crippen molar-refractivity contribution in [2.24, 2.45) is 0 Å². The van der Waals surface area contributed by atoms with E-state index in [2.05, 4.69) is 5.32 Å². The minimum Gasteiger partial charge on any atom is -0.468 e. The maximum absolute atomic E-state index is 12.6. The standard InChI is InChI=1S/C15H23F3N2O/c1-14(2,3)19-8-11-6-7-21-13(11)9-20(12-4-5-12)10-15(16,17)18/h6-7,12,19H,4-5,8-10H2,1-3H3. The molecular formula is C15H23F3N2O. The second kappa shape index (κ2) is 6.01. The SMILES string of the molecule is CC(C)(C)NCc1ccoc1CN(CC(F)(F)F)C1CC1. The van der Waals surface area contributed by atoms with Crippen LogP contribution >= 0.6 is 0 Å². The van der Waals surface area contributed by atoms with Crippen molar-refractivity contribution in [2.75, 3.05) is 6.54 Å². The van der Waals surface area contributed by atoms with Gasteiger partial charge in [-0.3, -0.25) is 4.90 Å². The summed E-state index contributed by atoms with van der Waals surface area (Å²) in [5.41, 5.74) is 0.884. The molecule has 0 aromatic carbocycles. The molecule has 0 spiro atoms. The molecule has 0 amide bonds. The van der Waals surface area contributed by atoms with Gasteiger partial charge in [0.15, 0.2) is 0 Å². The molecule has 0 saturated heterocycles. The van der Waals surface area contributed by atoms with Crippen LogP contribution in [0.3, 0.4) is 0 Å². The lowest BCUT2D eigenvalue weighted by molar-refractivity contribution is -0.148. The largest absolute Gasteiger partial charge is 0.468 e. The fraction of sp³-hybridized carbons (Fsp3) is 0.733. The van der Waals surface area contributed by atoms with E-state index in [1.165, 1.54) is 4.90 Å². The highest BCUT2D eigenvalue weighted by molar-refractivity contribution is 5.17. The van der Waals surface area contributed by atoms with Crippen LogP contribution in [-0.2, 0) is 13.1 Å². The summed E-state index contributed by atoms with van der Waals surface area (Å²) in [6, 6.07) is 1.87. The molecular weight excluding hydrogens is 281 g/mol. The molecule has 3 nitrogen and oxygen atoms in total. The maximum Gasteiger partial charge on any atom is 0.401 e. The van der Waals surface area contributed by atoms with Crippen LogP contribution in [0.15, 0.2) is 16.7 Å². The molecule has 1 aliphatic carbocycles. The van der Waals surface area contributed by atoms with Gasteiger partial charge in [0.25, 0.3) is 0 Å². The summed E-state index contributed by atoms with van der Waals surface area (Å²) in [5.74, 6) is 0.628. The summed E-state index contributed by atoms with van der Waals surface area (Å²) >= 11 is 0. The van der Waals surface area contributed by atoms with Gasteiger partial charge in [-0.25, -0.2) is 0 Å². The molecule has 6 heteroatoms. The average Bonchev–Trinajstić information content (AvgIpc) is 3.05. The minimum atomic E-state index is -4.17. The second-order valence-corrected chi connectivity index (χ2v) is 6.72. The van der Waals surface area contributed by atoms with E-state index in [-0.39, 0.29) is 18.1 Å². The molecule has 1 N–H and O–H groups in total. The van der Waals surface area contributed by atoms with Gasteiger partial charge in [-0.2, -0.15) is 13.2 Å². The van der Waals surface area contributed by atoms with Crippen LogP contribution in [0.2, 0.25) is 0 Å². The monoisotopic (exact) mass is 304 g/mol. The Labute approximate surface area is 123 Å². The van der Waals surface area contributed by atoms with Crippen LogP contribution in [-0.4, -0.2) is 29.2 Å². The van der Waals surface area contributed by atoms with Crippen molar-refractivity contribution in [2.45, 2.75) is 64.5 Å². The molecule has 120 valence electrons. The van der Waals surface area contributed by atoms with Crippen LogP contribution in [0.1, 0.15) is 44.9 Å². The highest BCUT2D eigenvalue weighted by atomic mass is 19.4. The van der Waals surface area contributed by atoms with Crippen molar-refractivity contribution in [3.8, 4) is 0 Å². The van der Waals surface area contributed by atoms with E-state index in [0.29, 0.717) is 12.3 Å². The summed E-state index contributed by atoms with van der Waals surface area (Å²) in [6.07, 6.45) is -0.939. The zero-order valence-electron chi connectivity index (χ0n) is 12.8. The number of furan rings is 1. The number of rotatable bonds is 6. The van der Waals surface area contributed by atoms with Gasteiger partial charge < -0.3 is 9.73 Å². The molecule has 1 saturated carbocycles. The van der Waals surface area contributed by atoms with E-state index >= 15 is 0 Å². The normalized spacial score (nSPS) is 16.7. The molecule has 1 heterocycles. The van der Waals surface area contributed by atoms with Crippen molar-refractivity contribution in [1.29, 1.82) is 0 Å². The van der Waals surface area contributed by atoms with Crippen LogP contribution < -0.4 is 5.32 Å². The molecule has 21 heavy (non-hydrogen) atoms. The zero-order chi connectivity index (χ0) is 15.7. The highest BCUT2D eigenvalue weighted by Gasteiger charge is 2.38. The Kier molecular flexibility index (Phi) is 4.68. The molecule has 2 rings (SSSR count). The first-order valence-electron chi connectivity index (χ1n) is 7.25. The third-order valence-corrected chi connectivity index (χ3v) is 3.44. The van der Waals surface area contributed by atoms with Crippen LogP contribution in [0.4, 0.5) is 13.2 Å². The quantitative estimate of drug-likeness (QED) is 0.869. The Morgan fingerprint density at radius 2 is 1.95 bits per heavy atom. The third kappa shape index (κ3) is 5.71. The Morgan fingerprint density at radius 1 is 1.29 bits per heavy atom. The lowest BCUT2D eigenvalue weighted by Crippen LogP contribution is -2.37. The average molecular weight is 304 g/mol. The van der Waals surface area contributed by atoms with Gasteiger partial charge in [-0.05, 0) is 39.7 Å². The van der Waals surface area contributed by atoms with Gasteiger partial charge in [0.05, 0.1) is 19.4 Å². The van der Waals surface area contributed by atoms with Crippen molar-refractivity contribution in [3.63, 3.8) is 0 Å². The van der Waals surface area contributed by atoms with Gasteiger partial charge in [0.2, 0.25) is 0 Å². The molecule has 1 aromatic heterocycles. The van der Waals surface area contributed by atoms with Crippen molar-refractivity contribution < 1.29 is 17.6 Å². The number of hydrogen-bond acceptors (Lipinski definition) is 3. The molecule has 0 bridgehead atoms. The zero-order valence-corrected chi connectivity index (χ0v) is 12.8. The topological polar surface area (TPSA) is 28.4 Å². The lowest BCUT2D eigenvalue weighted by atomic mass is 10.1. The van der Waals surface area contributed by atoms with Gasteiger partial charge in [-0.15, -0.1) is 0 Å². The molecule has 1 aromatic rings. The third-order valence-electron chi connectivity index (χ3n) is 3.44. The Balaban J connectivity index is 1.99. The van der Waals surface area contributed by atoms with Crippen molar-refractivity contribution in [1.82, 2.24) is 10.2 Å². The van der Waals surface area contributed by atoms with E-state index in [1.807, 2.05) is 26.8 Å². The van der Waals surface area contributed by atoms with Crippen molar-refractivity contribution in [3.05, 3.63) is 23.7 Å². The summed E-state index contributed by atoms with van der Waals surface area (Å²) in [5, 5.41) is 3.33.